The number of carboxylic acid groups (broad SMARTS) is 1. The average Bonchev–Trinajstić information content (AvgIpc) is 2.68. The second-order valence-corrected chi connectivity index (χ2v) is 6.81. The van der Waals surface area contributed by atoms with Crippen molar-refractivity contribution in [2.24, 2.45) is 12.5 Å². The lowest BCUT2D eigenvalue weighted by atomic mass is 9.68. The van der Waals surface area contributed by atoms with Gasteiger partial charge in [-0.3, -0.25) is 4.79 Å². The molecule has 5 nitrogen and oxygen atoms in total. The Balaban J connectivity index is 2.18. The van der Waals surface area contributed by atoms with E-state index in [-0.39, 0.29) is 11.2 Å². The molecule has 0 radical (unpaired) electrons. The van der Waals surface area contributed by atoms with Crippen LogP contribution in [0.3, 0.4) is 0 Å². The van der Waals surface area contributed by atoms with Crippen LogP contribution in [-0.4, -0.2) is 31.6 Å². The molecule has 0 aromatic carbocycles. The molecule has 1 aromatic heterocycles. The molecule has 1 unspecified atom stereocenters. The summed E-state index contributed by atoms with van der Waals surface area (Å²) in [6.45, 7) is 4.57. The molecule has 0 spiro atoms. The highest BCUT2D eigenvalue weighted by molar-refractivity contribution is 7.99. The van der Waals surface area contributed by atoms with Crippen molar-refractivity contribution >= 4 is 17.7 Å². The molecule has 6 heteroatoms. The van der Waals surface area contributed by atoms with E-state index in [4.69, 9.17) is 5.11 Å². The molecule has 0 bridgehead atoms. The second-order valence-electron chi connectivity index (χ2n) is 5.87. The fourth-order valence-corrected chi connectivity index (χ4v) is 3.49. The Morgan fingerprint density at radius 2 is 2.21 bits per heavy atom. The standard InChI is InChI=1S/C13H21N3O2S/c1-13(2)7-5-4-6-9(13)11-14-15-12(16(11)3)19-8-10(17)18/h9H,4-8H2,1-3H3,(H,17,18). The molecule has 0 amide bonds. The van der Waals surface area contributed by atoms with Crippen molar-refractivity contribution in [2.75, 3.05) is 5.75 Å². The summed E-state index contributed by atoms with van der Waals surface area (Å²) in [5.41, 5.74) is 0.244. The number of carboxylic acids is 1. The van der Waals surface area contributed by atoms with Crippen LogP contribution in [0.2, 0.25) is 0 Å². The lowest BCUT2D eigenvalue weighted by Gasteiger charge is -2.37. The molecular formula is C13H21N3O2S. The second kappa shape index (κ2) is 5.53. The highest BCUT2D eigenvalue weighted by Gasteiger charge is 2.36. The minimum Gasteiger partial charge on any atom is -0.481 e. The molecule has 0 saturated heterocycles. The highest BCUT2D eigenvalue weighted by Crippen LogP contribution is 2.46. The third-order valence-electron chi connectivity index (χ3n) is 4.01. The SMILES string of the molecule is Cn1c(SCC(=O)O)nnc1C1CCCCC1(C)C. The number of thioether (sulfide) groups is 1. The molecule has 1 N–H and O–H groups in total. The molecule has 1 saturated carbocycles. The van der Waals surface area contributed by atoms with Gasteiger partial charge in [0.15, 0.2) is 5.16 Å². The van der Waals surface area contributed by atoms with Gasteiger partial charge in [-0.05, 0) is 18.3 Å². The van der Waals surface area contributed by atoms with E-state index in [0.717, 1.165) is 12.2 Å². The average molecular weight is 283 g/mol. The van der Waals surface area contributed by atoms with Crippen LogP contribution in [0.15, 0.2) is 5.16 Å². The number of aromatic nitrogens is 3. The Bertz CT molecular complexity index is 470. The van der Waals surface area contributed by atoms with Gasteiger partial charge < -0.3 is 9.67 Å². The maximum Gasteiger partial charge on any atom is 0.313 e. The first-order chi connectivity index (χ1) is 8.92. The van der Waals surface area contributed by atoms with Gasteiger partial charge in [0.05, 0.1) is 5.75 Å². The molecule has 1 atom stereocenters. The number of hydrogen-bond donors (Lipinski definition) is 1. The highest BCUT2D eigenvalue weighted by atomic mass is 32.2. The van der Waals surface area contributed by atoms with Crippen molar-refractivity contribution < 1.29 is 9.90 Å². The molecule has 106 valence electrons. The van der Waals surface area contributed by atoms with Gasteiger partial charge in [0.2, 0.25) is 0 Å². The van der Waals surface area contributed by atoms with Crippen molar-refractivity contribution in [1.82, 2.24) is 14.8 Å². The third-order valence-corrected chi connectivity index (χ3v) is 5.02. The Hall–Kier alpha value is -1.04. The van der Waals surface area contributed by atoms with Gasteiger partial charge in [0.25, 0.3) is 0 Å². The molecule has 1 fully saturated rings. The molecular weight excluding hydrogens is 262 g/mol. The number of hydrogen-bond acceptors (Lipinski definition) is 4. The van der Waals surface area contributed by atoms with Gasteiger partial charge >= 0.3 is 5.97 Å². The van der Waals surface area contributed by atoms with Gasteiger partial charge in [0.1, 0.15) is 5.82 Å². The topological polar surface area (TPSA) is 68.0 Å². The van der Waals surface area contributed by atoms with Crippen molar-refractivity contribution in [2.45, 2.75) is 50.6 Å². The Labute approximate surface area is 117 Å². The summed E-state index contributed by atoms with van der Waals surface area (Å²) in [5.74, 6) is 0.614. The van der Waals surface area contributed by atoms with Crippen LogP contribution in [0.25, 0.3) is 0 Å². The van der Waals surface area contributed by atoms with E-state index >= 15 is 0 Å². The van der Waals surface area contributed by atoms with Gasteiger partial charge in [0, 0.05) is 13.0 Å². The fraction of sp³-hybridized carbons (Fsp3) is 0.769. The van der Waals surface area contributed by atoms with Gasteiger partial charge in [-0.1, -0.05) is 38.5 Å². The summed E-state index contributed by atoms with van der Waals surface area (Å²) in [7, 11) is 1.93. The Morgan fingerprint density at radius 3 is 2.84 bits per heavy atom. The molecule has 19 heavy (non-hydrogen) atoms. The van der Waals surface area contributed by atoms with Crippen LogP contribution in [0, 0.1) is 5.41 Å². The molecule has 2 rings (SSSR count). The van der Waals surface area contributed by atoms with Crippen LogP contribution in [0.5, 0.6) is 0 Å². The molecule has 1 aliphatic rings. The van der Waals surface area contributed by atoms with E-state index in [9.17, 15) is 4.79 Å². The van der Waals surface area contributed by atoms with Crippen LogP contribution >= 0.6 is 11.8 Å². The zero-order valence-corrected chi connectivity index (χ0v) is 12.5. The Morgan fingerprint density at radius 1 is 1.47 bits per heavy atom. The van der Waals surface area contributed by atoms with Crippen molar-refractivity contribution in [1.29, 1.82) is 0 Å². The lowest BCUT2D eigenvalue weighted by Crippen LogP contribution is -2.28. The summed E-state index contributed by atoms with van der Waals surface area (Å²) < 4.78 is 1.96. The first kappa shape index (κ1) is 14.4. The van der Waals surface area contributed by atoms with Gasteiger partial charge in [-0.25, -0.2) is 0 Å². The number of carbonyl (C=O) groups is 1. The third kappa shape index (κ3) is 3.11. The molecule has 0 aliphatic heterocycles. The van der Waals surface area contributed by atoms with Crippen LogP contribution in [0.1, 0.15) is 51.3 Å². The normalized spacial score (nSPS) is 22.4. The zero-order valence-electron chi connectivity index (χ0n) is 11.7. The summed E-state index contributed by atoms with van der Waals surface area (Å²) >= 11 is 1.23. The monoisotopic (exact) mass is 283 g/mol. The van der Waals surface area contributed by atoms with E-state index in [1.54, 1.807) is 0 Å². The van der Waals surface area contributed by atoms with E-state index < -0.39 is 5.97 Å². The minimum atomic E-state index is -0.826. The lowest BCUT2D eigenvalue weighted by molar-refractivity contribution is -0.133. The number of aliphatic carboxylic acids is 1. The summed E-state index contributed by atoms with van der Waals surface area (Å²) in [5, 5.41) is 17.9. The fourth-order valence-electron chi connectivity index (χ4n) is 2.85. The van der Waals surface area contributed by atoms with Crippen molar-refractivity contribution in [3.05, 3.63) is 5.82 Å². The van der Waals surface area contributed by atoms with E-state index in [1.165, 1.54) is 31.0 Å². The first-order valence-electron chi connectivity index (χ1n) is 6.65. The predicted octanol–water partition coefficient (Wildman–Crippen LogP) is 2.68. The van der Waals surface area contributed by atoms with E-state index in [0.29, 0.717) is 11.1 Å². The van der Waals surface area contributed by atoms with Gasteiger partial charge in [-0.2, -0.15) is 0 Å². The number of nitrogens with zero attached hydrogens (tertiary/aromatic N) is 3. The van der Waals surface area contributed by atoms with Crippen molar-refractivity contribution in [3.63, 3.8) is 0 Å². The first-order valence-corrected chi connectivity index (χ1v) is 7.64. The minimum absolute atomic E-state index is 0.0278. The predicted molar refractivity (Wildman–Crippen MR) is 74.4 cm³/mol. The quantitative estimate of drug-likeness (QED) is 0.860. The van der Waals surface area contributed by atoms with Crippen LogP contribution in [0.4, 0.5) is 0 Å². The summed E-state index contributed by atoms with van der Waals surface area (Å²) in [6, 6.07) is 0. The van der Waals surface area contributed by atoms with Crippen LogP contribution < -0.4 is 0 Å². The van der Waals surface area contributed by atoms with Gasteiger partial charge in [-0.15, -0.1) is 10.2 Å². The maximum absolute atomic E-state index is 10.6. The largest absolute Gasteiger partial charge is 0.481 e. The summed E-state index contributed by atoms with van der Waals surface area (Å²) in [4.78, 5) is 10.6. The van der Waals surface area contributed by atoms with Crippen LogP contribution in [-0.2, 0) is 11.8 Å². The van der Waals surface area contributed by atoms with Crippen molar-refractivity contribution in [3.8, 4) is 0 Å². The molecule has 1 aliphatic carbocycles. The maximum atomic E-state index is 10.6. The summed E-state index contributed by atoms with van der Waals surface area (Å²) in [6.07, 6.45) is 4.87. The Kier molecular flexibility index (Phi) is 4.18. The molecule has 1 heterocycles. The smallest absolute Gasteiger partial charge is 0.313 e. The van der Waals surface area contributed by atoms with E-state index in [2.05, 4.69) is 24.0 Å². The number of rotatable bonds is 4. The zero-order chi connectivity index (χ0) is 14.0. The van der Waals surface area contributed by atoms with E-state index in [1.807, 2.05) is 11.6 Å². The molecule has 1 aromatic rings.